The molecule has 0 aromatic heterocycles. The zero-order chi connectivity index (χ0) is 17.0. The summed E-state index contributed by atoms with van der Waals surface area (Å²) in [5.41, 5.74) is -0.276. The second kappa shape index (κ2) is 6.58. The lowest BCUT2D eigenvalue weighted by atomic mass is 10.0. The van der Waals surface area contributed by atoms with Crippen molar-refractivity contribution < 1.29 is 19.2 Å². The first kappa shape index (κ1) is 16.0. The normalized spacial score (nSPS) is 10.9. The van der Waals surface area contributed by atoms with Crippen LogP contribution in [0.5, 0.6) is 11.5 Å². The lowest BCUT2D eigenvalue weighted by Crippen LogP contribution is -1.94. The van der Waals surface area contributed by atoms with Crippen LogP contribution in [0.2, 0.25) is 0 Å². The van der Waals surface area contributed by atoms with Gasteiger partial charge in [-0.25, -0.2) is 4.39 Å². The number of ether oxygens (including phenoxy) is 1. The quantitative estimate of drug-likeness (QED) is 0.403. The van der Waals surface area contributed by atoms with E-state index < -0.39 is 22.2 Å². The van der Waals surface area contributed by atoms with E-state index in [-0.39, 0.29) is 22.4 Å². The molecule has 7 heteroatoms. The van der Waals surface area contributed by atoms with Crippen molar-refractivity contribution in [2.45, 2.75) is 0 Å². The smallest absolute Gasteiger partial charge is 0.315 e. The third kappa shape index (κ3) is 3.27. The Morgan fingerprint density at radius 2 is 2.13 bits per heavy atom. The van der Waals surface area contributed by atoms with Crippen LogP contribution in [0.4, 0.5) is 10.1 Å². The van der Waals surface area contributed by atoms with Crippen molar-refractivity contribution in [1.29, 1.82) is 5.26 Å². The first-order valence-electron chi connectivity index (χ1n) is 6.40. The molecule has 0 aliphatic carbocycles. The highest BCUT2D eigenvalue weighted by Crippen LogP contribution is 2.37. The van der Waals surface area contributed by atoms with E-state index in [1.54, 1.807) is 6.07 Å². The van der Waals surface area contributed by atoms with Crippen molar-refractivity contribution >= 4 is 17.3 Å². The van der Waals surface area contributed by atoms with Crippen molar-refractivity contribution in [3.05, 3.63) is 63.5 Å². The minimum atomic E-state index is -0.773. The molecule has 0 aliphatic rings. The molecule has 0 spiro atoms. The Morgan fingerprint density at radius 3 is 2.70 bits per heavy atom. The number of nitriles is 1. The molecule has 0 fully saturated rings. The summed E-state index contributed by atoms with van der Waals surface area (Å²) in [5, 5.41) is 29.9. The fraction of sp³-hybridized carbons (Fsp3) is 0.0625. The van der Waals surface area contributed by atoms with E-state index in [1.807, 2.05) is 6.07 Å². The molecule has 0 unspecified atom stereocenters. The van der Waals surface area contributed by atoms with Gasteiger partial charge in [0.05, 0.1) is 23.7 Å². The number of hydrogen-bond donors (Lipinski definition) is 1. The average Bonchev–Trinajstić information content (AvgIpc) is 2.54. The van der Waals surface area contributed by atoms with Gasteiger partial charge in [-0.1, -0.05) is 18.2 Å². The van der Waals surface area contributed by atoms with E-state index in [9.17, 15) is 24.9 Å². The fourth-order valence-corrected chi connectivity index (χ4v) is 2.01. The van der Waals surface area contributed by atoms with Gasteiger partial charge in [-0.15, -0.1) is 0 Å². The largest absolute Gasteiger partial charge is 0.500 e. The molecule has 2 aromatic carbocycles. The Hall–Kier alpha value is -3.40. The number of benzene rings is 2. The predicted octanol–water partition coefficient (Wildman–Crippen LogP) is 3.51. The highest BCUT2D eigenvalue weighted by atomic mass is 19.1. The molecule has 116 valence electrons. The molecule has 0 amide bonds. The molecule has 0 atom stereocenters. The van der Waals surface area contributed by atoms with Gasteiger partial charge in [0.25, 0.3) is 0 Å². The van der Waals surface area contributed by atoms with E-state index >= 15 is 0 Å². The third-order valence-corrected chi connectivity index (χ3v) is 3.09. The summed E-state index contributed by atoms with van der Waals surface area (Å²) in [5.74, 6) is -1.31. The van der Waals surface area contributed by atoms with Crippen LogP contribution < -0.4 is 4.74 Å². The molecule has 23 heavy (non-hydrogen) atoms. The number of phenolic OH excluding ortho intramolecular Hbond substituents is 1. The number of aromatic hydroxyl groups is 1. The van der Waals surface area contributed by atoms with Gasteiger partial charge < -0.3 is 9.84 Å². The van der Waals surface area contributed by atoms with E-state index in [0.717, 1.165) is 6.07 Å². The van der Waals surface area contributed by atoms with Gasteiger partial charge >= 0.3 is 5.69 Å². The Balaban J connectivity index is 2.61. The summed E-state index contributed by atoms with van der Waals surface area (Å²) in [4.78, 5) is 10.2. The van der Waals surface area contributed by atoms with Crippen LogP contribution in [-0.4, -0.2) is 17.1 Å². The predicted molar refractivity (Wildman–Crippen MR) is 81.2 cm³/mol. The molecule has 0 radical (unpaired) electrons. The molecule has 0 saturated carbocycles. The Kier molecular flexibility index (Phi) is 4.57. The SMILES string of the molecule is COc1cc(/C=C(/C#N)c2ccccc2F)cc([N+](=O)[O-])c1O. The van der Waals surface area contributed by atoms with Crippen LogP contribution in [0, 0.1) is 27.3 Å². The van der Waals surface area contributed by atoms with Gasteiger partial charge in [0.2, 0.25) is 5.75 Å². The van der Waals surface area contributed by atoms with Crippen molar-refractivity contribution in [3.63, 3.8) is 0 Å². The van der Waals surface area contributed by atoms with Crippen LogP contribution in [0.15, 0.2) is 36.4 Å². The lowest BCUT2D eigenvalue weighted by Gasteiger charge is -2.06. The number of phenols is 1. The van der Waals surface area contributed by atoms with E-state index in [1.165, 1.54) is 37.5 Å². The molecular formula is C16H11FN2O4. The van der Waals surface area contributed by atoms with Crippen LogP contribution in [0.1, 0.15) is 11.1 Å². The first-order valence-corrected chi connectivity index (χ1v) is 6.40. The average molecular weight is 314 g/mol. The fourth-order valence-electron chi connectivity index (χ4n) is 2.01. The molecule has 0 bridgehead atoms. The monoisotopic (exact) mass is 314 g/mol. The van der Waals surface area contributed by atoms with Gasteiger partial charge in [-0.3, -0.25) is 10.1 Å². The number of halogens is 1. The number of rotatable bonds is 4. The van der Waals surface area contributed by atoms with Crippen molar-refractivity contribution in [1.82, 2.24) is 0 Å². The highest BCUT2D eigenvalue weighted by molar-refractivity contribution is 5.90. The van der Waals surface area contributed by atoms with Gasteiger partial charge in [0.1, 0.15) is 5.82 Å². The standard InChI is InChI=1S/C16H11FN2O4/c1-23-15-8-10(7-14(16(15)20)19(21)22)6-11(9-18)12-4-2-3-5-13(12)17/h2-8,20H,1H3/b11-6-. The Bertz CT molecular complexity index is 840. The second-order valence-electron chi connectivity index (χ2n) is 4.50. The lowest BCUT2D eigenvalue weighted by molar-refractivity contribution is -0.386. The number of nitrogens with zero attached hydrogens (tertiary/aromatic N) is 2. The summed E-state index contributed by atoms with van der Waals surface area (Å²) in [6, 6.07) is 9.95. The molecule has 6 nitrogen and oxygen atoms in total. The molecule has 2 aromatic rings. The van der Waals surface area contributed by atoms with Crippen LogP contribution in [-0.2, 0) is 0 Å². The first-order chi connectivity index (χ1) is 11.0. The molecule has 0 saturated heterocycles. The molecule has 0 aliphatic heterocycles. The number of nitro benzene ring substituents is 1. The van der Waals surface area contributed by atoms with Crippen LogP contribution >= 0.6 is 0 Å². The molecule has 2 rings (SSSR count). The zero-order valence-corrected chi connectivity index (χ0v) is 12.0. The van der Waals surface area contributed by atoms with Crippen LogP contribution in [0.3, 0.4) is 0 Å². The van der Waals surface area contributed by atoms with Crippen molar-refractivity contribution in [2.24, 2.45) is 0 Å². The Morgan fingerprint density at radius 1 is 1.43 bits per heavy atom. The summed E-state index contributed by atoms with van der Waals surface area (Å²) < 4.78 is 18.7. The summed E-state index contributed by atoms with van der Waals surface area (Å²) >= 11 is 0. The maximum Gasteiger partial charge on any atom is 0.315 e. The molecule has 1 N–H and O–H groups in total. The van der Waals surface area contributed by atoms with Gasteiger partial charge in [-0.2, -0.15) is 5.26 Å². The maximum atomic E-state index is 13.8. The number of hydrogen-bond acceptors (Lipinski definition) is 5. The summed E-state index contributed by atoms with van der Waals surface area (Å²) in [7, 11) is 1.24. The summed E-state index contributed by atoms with van der Waals surface area (Å²) in [6.07, 6.45) is 1.29. The highest BCUT2D eigenvalue weighted by Gasteiger charge is 2.19. The van der Waals surface area contributed by atoms with Gasteiger partial charge in [0, 0.05) is 11.6 Å². The third-order valence-electron chi connectivity index (χ3n) is 3.09. The minimum absolute atomic E-state index is 0.00913. The number of nitro groups is 1. The zero-order valence-electron chi connectivity index (χ0n) is 12.0. The van der Waals surface area contributed by atoms with Crippen LogP contribution in [0.25, 0.3) is 11.6 Å². The minimum Gasteiger partial charge on any atom is -0.500 e. The van der Waals surface area contributed by atoms with E-state index in [2.05, 4.69) is 0 Å². The maximum absolute atomic E-state index is 13.8. The van der Waals surface area contributed by atoms with Gasteiger partial charge in [0.15, 0.2) is 5.75 Å². The number of allylic oxidation sites excluding steroid dienone is 1. The molecule has 0 heterocycles. The van der Waals surface area contributed by atoms with E-state index in [4.69, 9.17) is 4.74 Å². The van der Waals surface area contributed by atoms with E-state index in [0.29, 0.717) is 0 Å². The van der Waals surface area contributed by atoms with Crippen molar-refractivity contribution in [2.75, 3.05) is 7.11 Å². The van der Waals surface area contributed by atoms with Gasteiger partial charge in [-0.05, 0) is 23.8 Å². The van der Waals surface area contributed by atoms with Crippen molar-refractivity contribution in [3.8, 4) is 17.6 Å². The Labute approximate surface area is 130 Å². The topological polar surface area (TPSA) is 96.4 Å². The second-order valence-corrected chi connectivity index (χ2v) is 4.50. The summed E-state index contributed by atoms with van der Waals surface area (Å²) in [6.45, 7) is 0. The molecular weight excluding hydrogens is 303 g/mol. The number of methoxy groups -OCH3 is 1.